The molecule has 0 N–H and O–H groups in total. The van der Waals surface area contributed by atoms with Crippen LogP contribution in [0.5, 0.6) is 0 Å². The van der Waals surface area contributed by atoms with Gasteiger partial charge >= 0.3 is 0 Å². The summed E-state index contributed by atoms with van der Waals surface area (Å²) in [6, 6.07) is 1.67. The molecular formula is C13H21BrClNO2S2. The van der Waals surface area contributed by atoms with Crippen LogP contribution in [0.4, 0.5) is 0 Å². The molecule has 0 saturated carbocycles. The average molecular weight is 403 g/mol. The van der Waals surface area contributed by atoms with Crippen LogP contribution in [0.25, 0.3) is 0 Å². The first-order chi connectivity index (χ1) is 9.40. The molecule has 0 fully saturated rings. The van der Waals surface area contributed by atoms with Crippen LogP contribution in [0.15, 0.2) is 14.7 Å². The second-order valence-electron chi connectivity index (χ2n) is 4.62. The molecule has 0 aromatic carbocycles. The highest BCUT2D eigenvalue weighted by molar-refractivity contribution is 9.11. The Morgan fingerprint density at radius 2 is 1.95 bits per heavy atom. The fourth-order valence-electron chi connectivity index (χ4n) is 2.01. The van der Waals surface area contributed by atoms with Crippen LogP contribution >= 0.6 is 38.9 Å². The topological polar surface area (TPSA) is 37.4 Å². The molecule has 0 aliphatic carbocycles. The van der Waals surface area contributed by atoms with Gasteiger partial charge in [0.2, 0.25) is 10.0 Å². The summed E-state index contributed by atoms with van der Waals surface area (Å²) in [5, 5.41) is 0. The minimum absolute atomic E-state index is 0.331. The lowest BCUT2D eigenvalue weighted by Gasteiger charge is -2.24. The number of sulfonamides is 1. The zero-order valence-electron chi connectivity index (χ0n) is 12.0. The van der Waals surface area contributed by atoms with Gasteiger partial charge in [0.25, 0.3) is 0 Å². The molecule has 0 amide bonds. The molecule has 0 atom stereocenters. The first-order valence-corrected chi connectivity index (χ1v) is 10.3. The zero-order chi connectivity index (χ0) is 15.3. The van der Waals surface area contributed by atoms with E-state index < -0.39 is 10.0 Å². The number of hydrogen-bond donors (Lipinski definition) is 0. The quantitative estimate of drug-likeness (QED) is 0.591. The molecule has 0 aliphatic rings. The van der Waals surface area contributed by atoms with Crippen molar-refractivity contribution in [3.05, 3.63) is 14.7 Å². The van der Waals surface area contributed by atoms with Gasteiger partial charge in [0.15, 0.2) is 0 Å². The molecule has 1 heterocycles. The van der Waals surface area contributed by atoms with Gasteiger partial charge in [-0.3, -0.25) is 0 Å². The summed E-state index contributed by atoms with van der Waals surface area (Å²) in [5.41, 5.74) is 0. The molecule has 3 nitrogen and oxygen atoms in total. The number of hydrogen-bond acceptors (Lipinski definition) is 3. The van der Waals surface area contributed by atoms with Gasteiger partial charge in [-0.2, -0.15) is 4.31 Å². The van der Waals surface area contributed by atoms with Crippen molar-refractivity contribution >= 4 is 48.9 Å². The third kappa shape index (κ3) is 4.19. The van der Waals surface area contributed by atoms with E-state index in [1.165, 1.54) is 11.3 Å². The predicted octanol–water partition coefficient (Wildman–Crippen LogP) is 4.70. The highest BCUT2D eigenvalue weighted by atomic mass is 79.9. The van der Waals surface area contributed by atoms with E-state index in [1.807, 2.05) is 6.92 Å². The molecule has 0 spiro atoms. The second kappa shape index (κ2) is 8.13. The van der Waals surface area contributed by atoms with Crippen LogP contribution in [0.2, 0.25) is 0 Å². The van der Waals surface area contributed by atoms with E-state index in [0.29, 0.717) is 33.6 Å². The van der Waals surface area contributed by atoms with Gasteiger partial charge < -0.3 is 0 Å². The molecule has 1 aromatic rings. The summed E-state index contributed by atoms with van der Waals surface area (Å²) in [4.78, 5) is 1.20. The van der Waals surface area contributed by atoms with Gasteiger partial charge in [-0.15, -0.1) is 22.9 Å². The molecular weight excluding hydrogens is 382 g/mol. The van der Waals surface area contributed by atoms with E-state index in [9.17, 15) is 8.42 Å². The largest absolute Gasteiger partial charge is 0.245 e. The van der Waals surface area contributed by atoms with Crippen LogP contribution in [-0.4, -0.2) is 25.8 Å². The van der Waals surface area contributed by atoms with Gasteiger partial charge in [-0.1, -0.05) is 33.6 Å². The van der Waals surface area contributed by atoms with Gasteiger partial charge in [-0.25, -0.2) is 8.42 Å². The summed E-state index contributed by atoms with van der Waals surface area (Å²) in [5.74, 6) is 0.729. The van der Waals surface area contributed by atoms with E-state index in [0.717, 1.165) is 17.7 Å². The molecule has 1 rings (SSSR count). The van der Waals surface area contributed by atoms with Crippen LogP contribution in [0.1, 0.15) is 38.5 Å². The summed E-state index contributed by atoms with van der Waals surface area (Å²) < 4.78 is 27.7. The fraction of sp³-hybridized carbons (Fsp3) is 0.692. The Kier molecular flexibility index (Phi) is 7.49. The molecule has 116 valence electrons. The first kappa shape index (κ1) is 18.4. The van der Waals surface area contributed by atoms with Crippen LogP contribution in [0, 0.1) is 5.92 Å². The van der Waals surface area contributed by atoms with E-state index in [-0.39, 0.29) is 0 Å². The first-order valence-electron chi connectivity index (χ1n) is 6.74. The SMILES string of the molecule is CCC(CC)CN(CC)S(=O)(=O)c1cc(CCl)sc1Br. The highest BCUT2D eigenvalue weighted by Gasteiger charge is 2.28. The maximum atomic E-state index is 12.7. The fourth-order valence-corrected chi connectivity index (χ4v) is 6.26. The molecule has 1 aromatic heterocycles. The summed E-state index contributed by atoms with van der Waals surface area (Å²) >= 11 is 10.5. The molecule has 7 heteroatoms. The lowest BCUT2D eigenvalue weighted by Crippen LogP contribution is -2.35. The molecule has 0 unspecified atom stereocenters. The maximum Gasteiger partial charge on any atom is 0.245 e. The van der Waals surface area contributed by atoms with Crippen molar-refractivity contribution < 1.29 is 8.42 Å². The van der Waals surface area contributed by atoms with E-state index in [2.05, 4.69) is 29.8 Å². The number of rotatable bonds is 8. The van der Waals surface area contributed by atoms with Gasteiger partial charge in [-0.05, 0) is 27.9 Å². The van der Waals surface area contributed by atoms with Crippen LogP contribution in [0.3, 0.4) is 0 Å². The van der Waals surface area contributed by atoms with Crippen molar-refractivity contribution in [1.82, 2.24) is 4.31 Å². The lowest BCUT2D eigenvalue weighted by molar-refractivity contribution is 0.339. The normalized spacial score (nSPS) is 12.6. The second-order valence-corrected chi connectivity index (χ2v) is 9.25. The Morgan fingerprint density at radius 1 is 1.35 bits per heavy atom. The number of thiophene rings is 1. The maximum absolute atomic E-state index is 12.7. The van der Waals surface area contributed by atoms with Crippen molar-refractivity contribution in [2.75, 3.05) is 13.1 Å². The average Bonchev–Trinajstić information content (AvgIpc) is 2.82. The lowest BCUT2D eigenvalue weighted by atomic mass is 10.0. The standard InChI is InChI=1S/C13H21BrClNO2S2/c1-4-10(5-2)9-16(6-3)20(17,18)12-7-11(8-15)19-13(12)14/h7,10H,4-6,8-9H2,1-3H3. The van der Waals surface area contributed by atoms with Crippen molar-refractivity contribution in [1.29, 1.82) is 0 Å². The highest BCUT2D eigenvalue weighted by Crippen LogP contribution is 2.34. The number of nitrogens with zero attached hydrogens (tertiary/aromatic N) is 1. The van der Waals surface area contributed by atoms with Crippen molar-refractivity contribution in [2.24, 2.45) is 5.92 Å². The molecule has 0 saturated heterocycles. The number of alkyl halides is 1. The smallest absolute Gasteiger partial charge is 0.207 e. The third-order valence-electron chi connectivity index (χ3n) is 3.43. The van der Waals surface area contributed by atoms with Crippen LogP contribution in [-0.2, 0) is 15.9 Å². The van der Waals surface area contributed by atoms with Gasteiger partial charge in [0.1, 0.15) is 4.90 Å². The zero-order valence-corrected chi connectivity index (χ0v) is 16.0. The number of halogens is 2. The summed E-state index contributed by atoms with van der Waals surface area (Å²) in [6.45, 7) is 7.13. The Hall–Kier alpha value is 0.380. The van der Waals surface area contributed by atoms with Gasteiger partial charge in [0.05, 0.1) is 9.67 Å². The van der Waals surface area contributed by atoms with Crippen molar-refractivity contribution in [2.45, 2.75) is 44.4 Å². The Bertz CT molecular complexity index is 526. The monoisotopic (exact) mass is 401 g/mol. The summed E-state index contributed by atoms with van der Waals surface area (Å²) in [7, 11) is -3.45. The molecule has 0 aliphatic heterocycles. The molecule has 0 radical (unpaired) electrons. The van der Waals surface area contributed by atoms with Crippen molar-refractivity contribution in [3.63, 3.8) is 0 Å². The minimum atomic E-state index is -3.45. The molecule has 20 heavy (non-hydrogen) atoms. The predicted molar refractivity (Wildman–Crippen MR) is 90.1 cm³/mol. The Morgan fingerprint density at radius 3 is 2.35 bits per heavy atom. The molecule has 0 bridgehead atoms. The minimum Gasteiger partial charge on any atom is -0.207 e. The van der Waals surface area contributed by atoms with Crippen molar-refractivity contribution in [3.8, 4) is 0 Å². The van der Waals surface area contributed by atoms with E-state index in [4.69, 9.17) is 11.6 Å². The Labute approximate surface area is 139 Å². The summed E-state index contributed by atoms with van der Waals surface area (Å²) in [6.07, 6.45) is 1.97. The van der Waals surface area contributed by atoms with Gasteiger partial charge in [0, 0.05) is 18.0 Å². The van der Waals surface area contributed by atoms with E-state index >= 15 is 0 Å². The Balaban J connectivity index is 3.08. The third-order valence-corrected chi connectivity index (χ3v) is 8.06. The van der Waals surface area contributed by atoms with E-state index in [1.54, 1.807) is 10.4 Å². The van der Waals surface area contributed by atoms with Crippen LogP contribution < -0.4 is 0 Å².